The zero-order valence-electron chi connectivity index (χ0n) is 68.3. The van der Waals surface area contributed by atoms with Crippen molar-refractivity contribution in [2.24, 2.45) is 11.5 Å². The van der Waals surface area contributed by atoms with Crippen LogP contribution < -0.4 is 57.6 Å². The highest BCUT2D eigenvalue weighted by atomic mass is 35.5. The van der Waals surface area contributed by atoms with Gasteiger partial charge in [0.25, 0.3) is 29.5 Å². The van der Waals surface area contributed by atoms with E-state index in [2.05, 4.69) is 112 Å². The van der Waals surface area contributed by atoms with E-state index in [0.717, 1.165) is 61.6 Å². The van der Waals surface area contributed by atoms with Gasteiger partial charge in [0.1, 0.15) is 28.6 Å². The predicted molar refractivity (Wildman–Crippen MR) is 464 cm³/mol. The number of allylic oxidation sites excluding steroid dienone is 12. The molecule has 0 radical (unpaired) electrons. The summed E-state index contributed by atoms with van der Waals surface area (Å²) in [6.07, 6.45) is 35.7. The number of halogens is 3. The number of hydrogen-bond acceptors (Lipinski definition) is 14. The molecule has 6 rings (SSSR count). The lowest BCUT2D eigenvalue weighted by molar-refractivity contribution is -0.152. The number of carbonyl (C=O) groups excluding carboxylic acids is 7. The van der Waals surface area contributed by atoms with Crippen molar-refractivity contribution in [3.05, 3.63) is 267 Å². The van der Waals surface area contributed by atoms with Crippen LogP contribution in [0.3, 0.4) is 0 Å². The molecule has 115 heavy (non-hydrogen) atoms. The number of carboxylic acid groups (broad SMARTS) is 1. The molecule has 0 aromatic heterocycles. The summed E-state index contributed by atoms with van der Waals surface area (Å²) in [7, 11) is 0. The Bertz CT molecular complexity index is 4080. The second kappa shape index (κ2) is 55.3. The number of ether oxygens (including phenoxy) is 4. The number of hydrogen-bond donors (Lipinski definition) is 9. The molecule has 0 saturated heterocycles. The highest BCUT2D eigenvalue weighted by Gasteiger charge is 2.32. The quantitative estimate of drug-likeness (QED) is 0.0127. The van der Waals surface area contributed by atoms with Crippen molar-refractivity contribution in [1.29, 1.82) is 0 Å². The summed E-state index contributed by atoms with van der Waals surface area (Å²) in [6, 6.07) is 42.3. The zero-order chi connectivity index (χ0) is 84.9. The van der Waals surface area contributed by atoms with Gasteiger partial charge in [-0.15, -0.1) is 0 Å². The molecule has 6 amide bonds. The van der Waals surface area contributed by atoms with Gasteiger partial charge in [0.05, 0.1) is 0 Å². The van der Waals surface area contributed by atoms with E-state index >= 15 is 0 Å². The number of rotatable bonds is 43. The average Bonchev–Trinajstić information content (AvgIpc) is 0.882. The van der Waals surface area contributed by atoms with E-state index in [9.17, 15) is 38.4 Å². The minimum Gasteiger partial charge on any atom is -0.478 e. The second-order valence-corrected chi connectivity index (χ2v) is 30.0. The van der Waals surface area contributed by atoms with Gasteiger partial charge in [0, 0.05) is 97.0 Å². The Morgan fingerprint density at radius 3 is 0.991 bits per heavy atom. The first kappa shape index (κ1) is 98.9. The smallest absolute Gasteiger partial charge is 0.407 e. The lowest BCUT2D eigenvalue weighted by atomic mass is 10.1. The van der Waals surface area contributed by atoms with Crippen molar-refractivity contribution < 1.29 is 62.4 Å². The highest BCUT2D eigenvalue weighted by molar-refractivity contribution is 6.31. The molecule has 0 aliphatic carbocycles. The highest BCUT2D eigenvalue weighted by Crippen LogP contribution is 2.24. The summed E-state index contributed by atoms with van der Waals surface area (Å²) >= 11 is 17.5. The van der Waals surface area contributed by atoms with E-state index in [1.165, 1.54) is 13.8 Å². The summed E-state index contributed by atoms with van der Waals surface area (Å²) < 4.78 is 22.1. The van der Waals surface area contributed by atoms with E-state index in [1.54, 1.807) is 113 Å². The predicted octanol–water partition coefficient (Wildman–Crippen LogP) is 17.0. The lowest BCUT2D eigenvalue weighted by Crippen LogP contribution is -2.47. The normalized spacial score (nSPS) is 11.6. The average molecular weight is 1640 g/mol. The van der Waals surface area contributed by atoms with Gasteiger partial charge in [0.15, 0.2) is 16.8 Å². The lowest BCUT2D eigenvalue weighted by Gasteiger charge is -2.25. The molecular weight excluding hydrogens is 1520 g/mol. The number of carboxylic acids is 1. The fourth-order valence-electron chi connectivity index (χ4n) is 9.86. The molecule has 0 spiro atoms. The summed E-state index contributed by atoms with van der Waals surface area (Å²) in [6.45, 7) is 21.0. The van der Waals surface area contributed by atoms with Crippen LogP contribution >= 0.6 is 34.8 Å². The number of benzene rings is 6. The molecule has 0 saturated carbocycles. The van der Waals surface area contributed by atoms with Gasteiger partial charge < -0.3 is 67.4 Å². The molecule has 6 aromatic carbocycles. The summed E-state index contributed by atoms with van der Waals surface area (Å²) in [4.78, 5) is 95.4. The largest absolute Gasteiger partial charge is 0.478 e. The van der Waals surface area contributed by atoms with Gasteiger partial charge in [-0.2, -0.15) is 0 Å². The van der Waals surface area contributed by atoms with Crippen LogP contribution in [0, 0.1) is 0 Å². The molecule has 0 aliphatic heterocycles. The first-order valence-electron chi connectivity index (χ1n) is 38.8. The number of nitrogens with one attached hydrogen (secondary N) is 6. The SMILES string of the molecule is CC(C)(C)OC(=O)NCCN.CC(C)(Oc1ccc(CCNC(=O)c2ccc(Cl)cc2)cc1)C(=O)NCCN.CC(C)(Oc1ccc(CCNC(=O)c2ccc(Cl)cc2)cc1)C(=O)O.CC/C=C\C/C=C\C/C=C\C/C=C\C/C=C\C/C=C\CCC(=O)CCCNC(=O)C(C)(C)Oc1ccc(CCNC(=O)c2ccc(Cl)cc2)cc1. The standard InChI is InChI=1S/C44H57ClN2O4.C21H26ClN3O3.C19H20ClNO4.C7H16N2O2/c1-4-5-6-7-8-9-10-11-12-13-14-15-16-17-18-19-20-21-22-24-40(48)25-23-35-47-43(50)44(2,3)51-41-32-26-37(27-33-41)34-36-46-42(49)38-28-30-39(45)31-29-38;1-21(2,20(27)25-14-12-23)28-18-9-3-15(4-10-18)11-13-24-19(26)16-5-7-17(22)8-6-16;1-19(2,18(23)24)25-16-9-3-13(4-10-16)11-12-21-17(22)14-5-7-15(20)8-6-14;1-7(2,3)11-6(10)9-5-4-8/h5-6,8-9,11-12,14-15,17-18,20-21,26-33H,4,7,10,13,16,19,22-25,34-36H2,1-3H3,(H,46,49)(H,47,50);3-10H,11-14,23H2,1-2H3,(H,24,26)(H,25,27);3-10H,11-12H2,1-2H3,(H,21,22)(H,23,24);4-5,8H2,1-3H3,(H,9,10)/b6-5-,9-8-,12-11-,15-14-,18-17-,21-20-;;;. The maximum Gasteiger partial charge on any atom is 0.407 e. The Kier molecular flexibility index (Phi) is 47.5. The van der Waals surface area contributed by atoms with E-state index in [-0.39, 0.29) is 35.3 Å². The van der Waals surface area contributed by atoms with Crippen molar-refractivity contribution in [3.63, 3.8) is 0 Å². The first-order chi connectivity index (χ1) is 54.8. The van der Waals surface area contributed by atoms with Crippen LogP contribution in [-0.4, -0.2) is 127 Å². The number of amides is 6. The Labute approximate surface area is 695 Å². The molecule has 0 atom stereocenters. The molecular formula is C91H119Cl3N8O13. The van der Waals surface area contributed by atoms with Crippen LogP contribution in [0.2, 0.25) is 15.1 Å². The number of ketones is 1. The molecule has 6 aromatic rings. The maximum absolute atomic E-state index is 12.8. The number of aliphatic carboxylic acids is 1. The fourth-order valence-corrected chi connectivity index (χ4v) is 10.2. The van der Waals surface area contributed by atoms with Crippen LogP contribution in [0.25, 0.3) is 0 Å². The number of alkyl carbamates (subject to hydrolysis) is 1. The molecule has 0 heterocycles. The molecule has 24 heteroatoms. The van der Waals surface area contributed by atoms with Crippen LogP contribution in [0.1, 0.15) is 181 Å². The summed E-state index contributed by atoms with van der Waals surface area (Å²) in [5.41, 5.74) is 11.6. The van der Waals surface area contributed by atoms with Gasteiger partial charge in [0.2, 0.25) is 0 Å². The Balaban J connectivity index is 0.000000448. The van der Waals surface area contributed by atoms with Gasteiger partial charge in [-0.25, -0.2) is 9.59 Å². The Morgan fingerprint density at radius 2 is 0.678 bits per heavy atom. The minimum absolute atomic E-state index is 0.137. The van der Waals surface area contributed by atoms with E-state index in [0.29, 0.717) is 140 Å². The summed E-state index contributed by atoms with van der Waals surface area (Å²) in [5.74, 6) is -0.0532. The van der Waals surface area contributed by atoms with E-state index in [4.69, 9.17) is 70.3 Å². The van der Waals surface area contributed by atoms with Gasteiger partial charge in [-0.1, -0.05) is 151 Å². The molecule has 0 fully saturated rings. The maximum atomic E-state index is 12.8. The fraction of sp³-hybridized carbons (Fsp3) is 0.385. The van der Waals surface area contributed by atoms with Crippen LogP contribution in [0.4, 0.5) is 4.79 Å². The van der Waals surface area contributed by atoms with E-state index in [1.807, 2.05) is 81.4 Å². The number of carbonyl (C=O) groups is 8. The summed E-state index contributed by atoms with van der Waals surface area (Å²) in [5, 5.41) is 27.6. The topological polar surface area (TPSA) is 318 Å². The first-order valence-corrected chi connectivity index (χ1v) is 39.9. The molecule has 622 valence electrons. The van der Waals surface area contributed by atoms with Crippen molar-refractivity contribution >= 4 is 82.2 Å². The molecule has 0 aliphatic rings. The van der Waals surface area contributed by atoms with Gasteiger partial charge in [-0.3, -0.25) is 28.8 Å². The number of Topliss-reactive ketones (excluding diaryl/α,β-unsaturated/α-hetero) is 1. The molecule has 11 N–H and O–H groups in total. The molecule has 0 unspecified atom stereocenters. The van der Waals surface area contributed by atoms with E-state index < -0.39 is 34.5 Å². The third-order valence-electron chi connectivity index (χ3n) is 16.3. The van der Waals surface area contributed by atoms with Gasteiger partial charge in [-0.05, 0) is 259 Å². The molecule has 0 bridgehead atoms. The Morgan fingerprint density at radius 1 is 0.374 bits per heavy atom. The minimum atomic E-state index is -1.28. The molecule has 21 nitrogen and oxygen atoms in total. The van der Waals surface area contributed by atoms with Crippen molar-refractivity contribution in [3.8, 4) is 17.2 Å². The van der Waals surface area contributed by atoms with Crippen molar-refractivity contribution in [2.75, 3.05) is 52.4 Å². The third-order valence-corrected chi connectivity index (χ3v) is 17.0. The van der Waals surface area contributed by atoms with Crippen LogP contribution in [0.15, 0.2) is 219 Å². The third kappa shape index (κ3) is 45.4. The van der Waals surface area contributed by atoms with Gasteiger partial charge >= 0.3 is 12.1 Å². The van der Waals surface area contributed by atoms with Crippen molar-refractivity contribution in [2.45, 2.75) is 175 Å². The number of nitrogens with two attached hydrogens (primary N) is 2. The van der Waals surface area contributed by atoms with Crippen LogP contribution in [-0.2, 0) is 43.2 Å². The zero-order valence-corrected chi connectivity index (χ0v) is 70.5. The van der Waals surface area contributed by atoms with Crippen molar-refractivity contribution in [1.82, 2.24) is 31.9 Å². The Hall–Kier alpha value is -10.3. The second-order valence-electron chi connectivity index (χ2n) is 28.7. The van der Waals surface area contributed by atoms with Crippen LogP contribution in [0.5, 0.6) is 17.2 Å². The monoisotopic (exact) mass is 1640 g/mol.